The Hall–Kier alpha value is -3.93. The van der Waals surface area contributed by atoms with Crippen molar-refractivity contribution in [1.29, 1.82) is 0 Å². The predicted molar refractivity (Wildman–Crippen MR) is 103 cm³/mol. The van der Waals surface area contributed by atoms with E-state index in [1.165, 1.54) is 0 Å². The van der Waals surface area contributed by atoms with Crippen molar-refractivity contribution in [3.8, 4) is 23.0 Å². The number of rotatable bonds is 5. The maximum atomic E-state index is 12.4. The highest BCUT2D eigenvalue weighted by molar-refractivity contribution is 6.03. The third-order valence-electron chi connectivity index (χ3n) is 3.88. The molecule has 0 spiro atoms. The molecular formula is C21H16N4O2. The van der Waals surface area contributed by atoms with Crippen LogP contribution in [0.4, 0.5) is 5.69 Å². The van der Waals surface area contributed by atoms with E-state index in [-0.39, 0.29) is 11.9 Å². The molecule has 0 radical (unpaired) electrons. The molecule has 2 aromatic carbocycles. The van der Waals surface area contributed by atoms with Crippen molar-refractivity contribution in [3.05, 3.63) is 90.9 Å². The van der Waals surface area contributed by atoms with Crippen molar-refractivity contribution in [2.24, 2.45) is 0 Å². The Bertz CT molecular complexity index is 1030. The molecule has 2 N–H and O–H groups in total. The maximum Gasteiger partial charge on any atom is 0.321 e. The number of ether oxygens (including phenoxy) is 1. The standard InChI is InChI=1S/C21H16N4O2/c26-20(19-12-11-18(25-19)15-5-2-1-3-6-15)24-16-7-9-17(10-8-16)27-21-22-13-4-14-23-21/h1-14,25H,(H,24,26). The van der Waals surface area contributed by atoms with Gasteiger partial charge in [-0.2, -0.15) is 0 Å². The van der Waals surface area contributed by atoms with E-state index in [1.807, 2.05) is 36.4 Å². The number of nitrogens with one attached hydrogen (secondary N) is 2. The zero-order valence-corrected chi connectivity index (χ0v) is 14.3. The number of amides is 1. The number of H-pyrrole nitrogens is 1. The molecule has 27 heavy (non-hydrogen) atoms. The fourth-order valence-electron chi connectivity index (χ4n) is 2.56. The maximum absolute atomic E-state index is 12.4. The number of nitrogens with zero attached hydrogens (tertiary/aromatic N) is 2. The third kappa shape index (κ3) is 4.01. The molecule has 6 heteroatoms. The van der Waals surface area contributed by atoms with Crippen LogP contribution in [0.15, 0.2) is 85.2 Å². The van der Waals surface area contributed by atoms with E-state index >= 15 is 0 Å². The molecule has 0 saturated heterocycles. The highest BCUT2D eigenvalue weighted by Gasteiger charge is 2.10. The van der Waals surface area contributed by atoms with Gasteiger partial charge in [0.15, 0.2) is 0 Å². The number of aromatic nitrogens is 3. The normalized spacial score (nSPS) is 10.4. The first-order chi connectivity index (χ1) is 13.3. The van der Waals surface area contributed by atoms with Gasteiger partial charge in [0.25, 0.3) is 5.91 Å². The van der Waals surface area contributed by atoms with E-state index in [1.54, 1.807) is 48.8 Å². The van der Waals surface area contributed by atoms with Crippen LogP contribution in [0, 0.1) is 0 Å². The summed E-state index contributed by atoms with van der Waals surface area (Å²) in [5.41, 5.74) is 3.08. The van der Waals surface area contributed by atoms with Crippen molar-refractivity contribution in [1.82, 2.24) is 15.0 Å². The highest BCUT2D eigenvalue weighted by atomic mass is 16.5. The van der Waals surface area contributed by atoms with E-state index < -0.39 is 0 Å². The number of benzene rings is 2. The molecule has 0 aliphatic heterocycles. The van der Waals surface area contributed by atoms with E-state index in [0.717, 1.165) is 11.3 Å². The number of carbonyl (C=O) groups is 1. The molecule has 2 heterocycles. The number of anilines is 1. The lowest BCUT2D eigenvalue weighted by atomic mass is 10.2. The van der Waals surface area contributed by atoms with Crippen molar-refractivity contribution in [2.45, 2.75) is 0 Å². The lowest BCUT2D eigenvalue weighted by Gasteiger charge is -2.06. The van der Waals surface area contributed by atoms with E-state index in [2.05, 4.69) is 20.3 Å². The summed E-state index contributed by atoms with van der Waals surface area (Å²) >= 11 is 0. The van der Waals surface area contributed by atoms with Crippen LogP contribution >= 0.6 is 0 Å². The molecule has 6 nitrogen and oxygen atoms in total. The Morgan fingerprint density at radius 2 is 1.59 bits per heavy atom. The van der Waals surface area contributed by atoms with Gasteiger partial charge in [-0.25, -0.2) is 9.97 Å². The lowest BCUT2D eigenvalue weighted by molar-refractivity contribution is 0.102. The molecule has 0 unspecified atom stereocenters. The second-order valence-electron chi connectivity index (χ2n) is 5.76. The van der Waals surface area contributed by atoms with Crippen LogP contribution in [0.2, 0.25) is 0 Å². The molecule has 0 aliphatic rings. The minimum Gasteiger partial charge on any atom is -0.424 e. The summed E-state index contributed by atoms with van der Waals surface area (Å²) in [4.78, 5) is 23.6. The Kier molecular flexibility index (Phi) is 4.61. The zero-order valence-electron chi connectivity index (χ0n) is 14.3. The largest absolute Gasteiger partial charge is 0.424 e. The van der Waals surface area contributed by atoms with Gasteiger partial charge in [0, 0.05) is 23.8 Å². The molecular weight excluding hydrogens is 340 g/mol. The Balaban J connectivity index is 1.42. The molecule has 0 saturated carbocycles. The molecule has 1 amide bonds. The van der Waals surface area contributed by atoms with Crippen LogP contribution in [0.25, 0.3) is 11.3 Å². The van der Waals surface area contributed by atoms with Crippen LogP contribution in [0.3, 0.4) is 0 Å². The summed E-state index contributed by atoms with van der Waals surface area (Å²) in [5, 5.41) is 2.86. The summed E-state index contributed by atoms with van der Waals surface area (Å²) in [7, 11) is 0. The number of aromatic amines is 1. The van der Waals surface area contributed by atoms with Crippen molar-refractivity contribution in [3.63, 3.8) is 0 Å². The van der Waals surface area contributed by atoms with Gasteiger partial charge in [0.1, 0.15) is 11.4 Å². The summed E-state index contributed by atoms with van der Waals surface area (Å²) in [6.07, 6.45) is 3.22. The first-order valence-corrected chi connectivity index (χ1v) is 8.39. The van der Waals surface area contributed by atoms with Crippen LogP contribution in [0.5, 0.6) is 11.8 Å². The molecule has 132 valence electrons. The Morgan fingerprint density at radius 3 is 2.33 bits per heavy atom. The number of carbonyl (C=O) groups excluding carboxylic acids is 1. The molecule has 4 rings (SSSR count). The topological polar surface area (TPSA) is 79.9 Å². The number of hydrogen-bond donors (Lipinski definition) is 2. The van der Waals surface area contributed by atoms with Crippen molar-refractivity contribution < 1.29 is 9.53 Å². The third-order valence-corrected chi connectivity index (χ3v) is 3.88. The predicted octanol–water partition coefficient (Wildman–Crippen LogP) is 4.52. The monoisotopic (exact) mass is 356 g/mol. The minimum atomic E-state index is -0.211. The fraction of sp³-hybridized carbons (Fsp3) is 0. The molecule has 0 bridgehead atoms. The van der Waals surface area contributed by atoms with Gasteiger partial charge in [-0.3, -0.25) is 4.79 Å². The number of hydrogen-bond acceptors (Lipinski definition) is 4. The van der Waals surface area contributed by atoms with Crippen LogP contribution in [-0.2, 0) is 0 Å². The van der Waals surface area contributed by atoms with Crippen LogP contribution < -0.4 is 10.1 Å². The zero-order chi connectivity index (χ0) is 18.5. The van der Waals surface area contributed by atoms with E-state index in [0.29, 0.717) is 17.1 Å². The highest BCUT2D eigenvalue weighted by Crippen LogP contribution is 2.21. The average Bonchev–Trinajstić information content (AvgIpc) is 3.21. The van der Waals surface area contributed by atoms with E-state index in [4.69, 9.17) is 4.74 Å². The van der Waals surface area contributed by atoms with Crippen molar-refractivity contribution >= 4 is 11.6 Å². The summed E-state index contributed by atoms with van der Waals surface area (Å²) < 4.78 is 5.53. The second kappa shape index (κ2) is 7.53. The average molecular weight is 356 g/mol. The molecule has 0 aliphatic carbocycles. The minimum absolute atomic E-state index is 0.211. The molecule has 0 fully saturated rings. The smallest absolute Gasteiger partial charge is 0.321 e. The Morgan fingerprint density at radius 1 is 0.852 bits per heavy atom. The fourth-order valence-corrected chi connectivity index (χ4v) is 2.56. The quantitative estimate of drug-likeness (QED) is 0.551. The first-order valence-electron chi connectivity index (χ1n) is 8.39. The van der Waals surface area contributed by atoms with Gasteiger partial charge in [0.2, 0.25) is 0 Å². The van der Waals surface area contributed by atoms with Gasteiger partial charge in [-0.1, -0.05) is 30.3 Å². The SMILES string of the molecule is O=C(Nc1ccc(Oc2ncccn2)cc1)c1ccc(-c2ccccc2)[nH]1. The van der Waals surface area contributed by atoms with Crippen LogP contribution in [0.1, 0.15) is 10.5 Å². The summed E-state index contributed by atoms with van der Waals surface area (Å²) in [5.74, 6) is 0.377. The first kappa shape index (κ1) is 16.5. The van der Waals surface area contributed by atoms with Gasteiger partial charge < -0.3 is 15.0 Å². The van der Waals surface area contributed by atoms with Gasteiger partial charge >= 0.3 is 6.01 Å². The van der Waals surface area contributed by atoms with Crippen molar-refractivity contribution in [2.75, 3.05) is 5.32 Å². The molecule has 0 atom stereocenters. The second-order valence-corrected chi connectivity index (χ2v) is 5.76. The van der Waals surface area contributed by atoms with E-state index in [9.17, 15) is 4.79 Å². The van der Waals surface area contributed by atoms with Gasteiger partial charge in [0.05, 0.1) is 0 Å². The van der Waals surface area contributed by atoms with Gasteiger partial charge in [-0.15, -0.1) is 0 Å². The molecule has 4 aromatic rings. The summed E-state index contributed by atoms with van der Waals surface area (Å²) in [6.45, 7) is 0. The lowest BCUT2D eigenvalue weighted by Crippen LogP contribution is -2.12. The van der Waals surface area contributed by atoms with Gasteiger partial charge in [-0.05, 0) is 48.0 Å². The molecule has 2 aromatic heterocycles. The summed E-state index contributed by atoms with van der Waals surface area (Å²) in [6, 6.07) is 22.5. The van der Waals surface area contributed by atoms with Crippen LogP contribution in [-0.4, -0.2) is 20.9 Å². The Labute approximate surface area is 155 Å².